The van der Waals surface area contributed by atoms with Crippen LogP contribution in [0.1, 0.15) is 44.9 Å². The second kappa shape index (κ2) is 9.71. The zero-order chi connectivity index (χ0) is 22.4. The number of nitrogens with zero attached hydrogens (tertiary/aromatic N) is 3. The van der Waals surface area contributed by atoms with Gasteiger partial charge in [0, 0.05) is 18.7 Å². The number of nitrogens with one attached hydrogen (secondary N) is 1. The van der Waals surface area contributed by atoms with Crippen molar-refractivity contribution in [2.45, 2.75) is 13.8 Å². The molecule has 0 unspecified atom stereocenters. The van der Waals surface area contributed by atoms with E-state index >= 15 is 0 Å². The van der Waals surface area contributed by atoms with Crippen molar-refractivity contribution in [1.82, 2.24) is 14.7 Å². The van der Waals surface area contributed by atoms with Gasteiger partial charge in [0.15, 0.2) is 0 Å². The first-order chi connectivity index (χ1) is 15.0. The first-order valence-corrected chi connectivity index (χ1v) is 9.92. The Labute approximate surface area is 180 Å². The predicted octanol–water partition coefficient (Wildman–Crippen LogP) is 3.39. The number of carbonyl (C=O) groups is 3. The third kappa shape index (κ3) is 4.63. The van der Waals surface area contributed by atoms with Crippen LogP contribution in [0.15, 0.2) is 60.8 Å². The van der Waals surface area contributed by atoms with Crippen LogP contribution in [0, 0.1) is 0 Å². The summed E-state index contributed by atoms with van der Waals surface area (Å²) in [4.78, 5) is 39.5. The normalized spacial score (nSPS) is 10.4. The second-order valence-electron chi connectivity index (χ2n) is 6.66. The Morgan fingerprint density at radius 1 is 1.00 bits per heavy atom. The zero-order valence-corrected chi connectivity index (χ0v) is 17.7. The molecular formula is C23H24N4O4. The number of anilines is 1. The van der Waals surface area contributed by atoms with E-state index in [9.17, 15) is 14.4 Å². The Morgan fingerprint density at radius 2 is 1.68 bits per heavy atom. The molecule has 0 aliphatic carbocycles. The number of carbonyl (C=O) groups excluding carboxylic acids is 3. The van der Waals surface area contributed by atoms with Crippen LogP contribution in [0.4, 0.5) is 5.82 Å². The molecule has 0 atom stereocenters. The van der Waals surface area contributed by atoms with E-state index in [2.05, 4.69) is 10.4 Å². The molecule has 3 rings (SSSR count). The Balaban J connectivity index is 2.02. The number of amides is 2. The third-order valence-electron chi connectivity index (χ3n) is 4.83. The molecule has 3 aromatic rings. The Kier molecular flexibility index (Phi) is 6.81. The van der Waals surface area contributed by atoms with Crippen LogP contribution in [0.25, 0.3) is 5.69 Å². The molecule has 0 bridgehead atoms. The number of para-hydroxylation sites is 1. The van der Waals surface area contributed by atoms with E-state index in [4.69, 9.17) is 4.74 Å². The number of benzene rings is 2. The quantitative estimate of drug-likeness (QED) is 0.592. The first-order valence-electron chi connectivity index (χ1n) is 9.92. The average Bonchev–Trinajstić information content (AvgIpc) is 3.23. The zero-order valence-electron chi connectivity index (χ0n) is 17.7. The molecule has 2 amide bonds. The highest BCUT2D eigenvalue weighted by molar-refractivity contribution is 6.09. The van der Waals surface area contributed by atoms with Crippen molar-refractivity contribution in [3.8, 4) is 5.69 Å². The van der Waals surface area contributed by atoms with Crippen LogP contribution >= 0.6 is 0 Å². The maximum atomic E-state index is 13.0. The summed E-state index contributed by atoms with van der Waals surface area (Å²) in [5.74, 6) is -0.985. The number of methoxy groups -OCH3 is 1. The fourth-order valence-electron chi connectivity index (χ4n) is 3.16. The van der Waals surface area contributed by atoms with Crippen molar-refractivity contribution in [2.75, 3.05) is 25.5 Å². The van der Waals surface area contributed by atoms with Gasteiger partial charge in [-0.2, -0.15) is 5.10 Å². The number of hydrogen-bond acceptors (Lipinski definition) is 5. The molecule has 1 heterocycles. The molecule has 0 saturated carbocycles. The highest BCUT2D eigenvalue weighted by Gasteiger charge is 2.24. The molecule has 8 heteroatoms. The van der Waals surface area contributed by atoms with Gasteiger partial charge in [-0.05, 0) is 44.2 Å². The van der Waals surface area contributed by atoms with Crippen molar-refractivity contribution in [3.63, 3.8) is 0 Å². The fraction of sp³-hybridized carbons (Fsp3) is 0.217. The molecule has 0 aliphatic heterocycles. The number of hydrogen-bond donors (Lipinski definition) is 1. The summed E-state index contributed by atoms with van der Waals surface area (Å²) in [5.41, 5.74) is 1.49. The number of aromatic nitrogens is 2. The summed E-state index contributed by atoms with van der Waals surface area (Å²) >= 11 is 0. The number of ether oxygens (including phenoxy) is 1. The van der Waals surface area contributed by atoms with Gasteiger partial charge in [0.25, 0.3) is 11.8 Å². The van der Waals surface area contributed by atoms with Crippen LogP contribution in [-0.2, 0) is 4.74 Å². The fourth-order valence-corrected chi connectivity index (χ4v) is 3.16. The Hall–Kier alpha value is -3.94. The molecule has 0 saturated heterocycles. The maximum absolute atomic E-state index is 13.0. The van der Waals surface area contributed by atoms with Crippen LogP contribution in [0.2, 0.25) is 0 Å². The molecule has 2 aromatic carbocycles. The van der Waals surface area contributed by atoms with E-state index in [1.807, 2.05) is 44.2 Å². The summed E-state index contributed by atoms with van der Waals surface area (Å²) in [5, 5.41) is 7.15. The molecule has 31 heavy (non-hydrogen) atoms. The average molecular weight is 420 g/mol. The van der Waals surface area contributed by atoms with Gasteiger partial charge in [0.1, 0.15) is 11.4 Å². The second-order valence-corrected chi connectivity index (χ2v) is 6.66. The summed E-state index contributed by atoms with van der Waals surface area (Å²) in [6.07, 6.45) is 1.45. The van der Waals surface area contributed by atoms with E-state index in [1.54, 1.807) is 23.1 Å². The summed E-state index contributed by atoms with van der Waals surface area (Å²) < 4.78 is 6.23. The van der Waals surface area contributed by atoms with E-state index in [0.717, 1.165) is 0 Å². The summed E-state index contributed by atoms with van der Waals surface area (Å²) in [6, 6.07) is 15.4. The molecule has 0 fully saturated rings. The van der Waals surface area contributed by atoms with Gasteiger partial charge in [0.2, 0.25) is 0 Å². The highest BCUT2D eigenvalue weighted by Crippen LogP contribution is 2.23. The summed E-state index contributed by atoms with van der Waals surface area (Å²) in [6.45, 7) is 4.83. The lowest BCUT2D eigenvalue weighted by atomic mass is 10.1. The van der Waals surface area contributed by atoms with Crippen molar-refractivity contribution in [3.05, 3.63) is 77.5 Å². The van der Waals surface area contributed by atoms with Crippen molar-refractivity contribution < 1.29 is 19.1 Å². The topological polar surface area (TPSA) is 93.5 Å². The van der Waals surface area contributed by atoms with Gasteiger partial charge in [-0.1, -0.05) is 24.3 Å². The molecular weight excluding hydrogens is 396 g/mol. The van der Waals surface area contributed by atoms with Crippen LogP contribution in [0.3, 0.4) is 0 Å². The van der Waals surface area contributed by atoms with Crippen molar-refractivity contribution in [1.29, 1.82) is 0 Å². The Bertz CT molecular complexity index is 1090. The lowest BCUT2D eigenvalue weighted by Crippen LogP contribution is -2.31. The molecule has 1 aromatic heterocycles. The summed E-state index contributed by atoms with van der Waals surface area (Å²) in [7, 11) is 1.28. The monoisotopic (exact) mass is 420 g/mol. The number of rotatable bonds is 7. The van der Waals surface area contributed by atoms with Crippen molar-refractivity contribution >= 4 is 23.6 Å². The first kappa shape index (κ1) is 21.8. The van der Waals surface area contributed by atoms with E-state index < -0.39 is 11.9 Å². The standard InChI is InChI=1S/C23H24N4O4/c1-4-26(5-2)22(29)19-15-24-27(18-12-7-6-8-13-18)20(19)25-21(28)16-10-9-11-17(14-16)23(30)31-3/h6-15H,4-5H2,1-3H3,(H,25,28). The van der Waals surface area contributed by atoms with Gasteiger partial charge < -0.3 is 15.0 Å². The minimum atomic E-state index is -0.540. The van der Waals surface area contributed by atoms with Gasteiger partial charge in [-0.25, -0.2) is 9.48 Å². The molecule has 8 nitrogen and oxygen atoms in total. The molecule has 160 valence electrons. The van der Waals surface area contributed by atoms with Crippen LogP contribution in [0.5, 0.6) is 0 Å². The highest BCUT2D eigenvalue weighted by atomic mass is 16.5. The van der Waals surface area contributed by atoms with Gasteiger partial charge in [0.05, 0.1) is 24.6 Å². The SMILES string of the molecule is CCN(CC)C(=O)c1cnn(-c2ccccc2)c1NC(=O)c1cccc(C(=O)OC)c1. The van der Waals surface area contributed by atoms with Gasteiger partial charge >= 0.3 is 5.97 Å². The van der Waals surface area contributed by atoms with Crippen LogP contribution < -0.4 is 5.32 Å². The minimum Gasteiger partial charge on any atom is -0.465 e. The lowest BCUT2D eigenvalue weighted by Gasteiger charge is -2.19. The molecule has 0 radical (unpaired) electrons. The van der Waals surface area contributed by atoms with Crippen molar-refractivity contribution in [2.24, 2.45) is 0 Å². The van der Waals surface area contributed by atoms with Crippen LogP contribution in [-0.4, -0.2) is 52.7 Å². The number of esters is 1. The largest absolute Gasteiger partial charge is 0.465 e. The van der Waals surface area contributed by atoms with Gasteiger partial charge in [-0.15, -0.1) is 0 Å². The molecule has 1 N–H and O–H groups in total. The van der Waals surface area contributed by atoms with E-state index in [-0.39, 0.29) is 28.4 Å². The predicted molar refractivity (Wildman–Crippen MR) is 117 cm³/mol. The van der Waals surface area contributed by atoms with E-state index in [1.165, 1.54) is 24.1 Å². The third-order valence-corrected chi connectivity index (χ3v) is 4.83. The van der Waals surface area contributed by atoms with E-state index in [0.29, 0.717) is 18.8 Å². The molecule has 0 spiro atoms. The maximum Gasteiger partial charge on any atom is 0.337 e. The smallest absolute Gasteiger partial charge is 0.337 e. The van der Waals surface area contributed by atoms with Gasteiger partial charge in [-0.3, -0.25) is 9.59 Å². The lowest BCUT2D eigenvalue weighted by molar-refractivity contribution is 0.0600. The minimum absolute atomic E-state index is 0.231. The molecule has 0 aliphatic rings. The Morgan fingerprint density at radius 3 is 2.32 bits per heavy atom.